The van der Waals surface area contributed by atoms with E-state index in [1.165, 1.54) is 13.0 Å². The second-order valence-electron chi connectivity index (χ2n) is 5.15. The molecule has 1 aliphatic rings. The van der Waals surface area contributed by atoms with E-state index in [4.69, 9.17) is 0 Å². The number of hydrogen-bond acceptors (Lipinski definition) is 2. The lowest BCUT2D eigenvalue weighted by Gasteiger charge is -2.28. The van der Waals surface area contributed by atoms with Gasteiger partial charge < -0.3 is 10.4 Å². The van der Waals surface area contributed by atoms with Crippen LogP contribution < -0.4 is 5.32 Å². The Balaban J connectivity index is 2.28. The number of carbonyl (C=O) groups excluding carboxylic acids is 1. The number of rotatable bonds is 3. The number of aliphatic hydroxyl groups is 1. The van der Waals surface area contributed by atoms with E-state index in [1.54, 1.807) is 0 Å². The molecule has 19 heavy (non-hydrogen) atoms. The number of benzene rings is 1. The van der Waals surface area contributed by atoms with Crippen molar-refractivity contribution in [3.05, 3.63) is 34.9 Å². The van der Waals surface area contributed by atoms with Gasteiger partial charge in [0, 0.05) is 0 Å². The Labute approximate surface area is 110 Å². The highest BCUT2D eigenvalue weighted by molar-refractivity contribution is 5.95. The summed E-state index contributed by atoms with van der Waals surface area (Å²) in [5.41, 5.74) is -1.09. The van der Waals surface area contributed by atoms with E-state index in [9.17, 15) is 18.7 Å². The largest absolute Gasteiger partial charge is 0.394 e. The number of nitrogens with one attached hydrogen (secondary N) is 1. The maximum Gasteiger partial charge on any atom is 0.257 e. The van der Waals surface area contributed by atoms with Crippen LogP contribution in [0.1, 0.15) is 41.6 Å². The van der Waals surface area contributed by atoms with E-state index in [1.807, 2.05) is 0 Å². The second kappa shape index (κ2) is 5.25. The first kappa shape index (κ1) is 13.9. The molecule has 0 radical (unpaired) electrons. The first-order valence-electron chi connectivity index (χ1n) is 6.37. The summed E-state index contributed by atoms with van der Waals surface area (Å²) in [6, 6.07) is 2.37. The smallest absolute Gasteiger partial charge is 0.257 e. The molecule has 0 saturated heterocycles. The van der Waals surface area contributed by atoms with Gasteiger partial charge in [0.2, 0.25) is 0 Å². The van der Waals surface area contributed by atoms with Gasteiger partial charge in [0.05, 0.1) is 12.1 Å². The summed E-state index contributed by atoms with van der Waals surface area (Å²) >= 11 is 0. The van der Waals surface area contributed by atoms with Gasteiger partial charge in [0.1, 0.15) is 17.2 Å². The van der Waals surface area contributed by atoms with Crippen molar-refractivity contribution in [3.8, 4) is 0 Å². The summed E-state index contributed by atoms with van der Waals surface area (Å²) in [7, 11) is 0. The van der Waals surface area contributed by atoms with Crippen LogP contribution in [-0.4, -0.2) is 23.2 Å². The number of aliphatic hydroxyl groups excluding tert-OH is 1. The highest BCUT2D eigenvalue weighted by Crippen LogP contribution is 2.30. The first-order valence-corrected chi connectivity index (χ1v) is 6.37. The molecule has 0 unspecified atom stereocenters. The molecule has 1 aliphatic carbocycles. The molecule has 1 fully saturated rings. The molecule has 0 heterocycles. The highest BCUT2D eigenvalue weighted by atomic mass is 19.1. The minimum atomic E-state index is -0.883. The van der Waals surface area contributed by atoms with Crippen LogP contribution in [-0.2, 0) is 0 Å². The van der Waals surface area contributed by atoms with Crippen LogP contribution in [0.25, 0.3) is 0 Å². The molecule has 2 N–H and O–H groups in total. The molecular weight excluding hydrogens is 252 g/mol. The van der Waals surface area contributed by atoms with Gasteiger partial charge in [-0.25, -0.2) is 8.78 Å². The van der Waals surface area contributed by atoms with Crippen molar-refractivity contribution in [1.29, 1.82) is 0 Å². The number of halogens is 2. The summed E-state index contributed by atoms with van der Waals surface area (Å²) in [6.45, 7) is 1.26. The maximum atomic E-state index is 13.9. The monoisotopic (exact) mass is 269 g/mol. The number of carbonyl (C=O) groups is 1. The minimum absolute atomic E-state index is 0.214. The molecule has 0 bridgehead atoms. The molecule has 2 rings (SSSR count). The zero-order chi connectivity index (χ0) is 14.0. The molecular formula is C14H17F2NO2. The zero-order valence-electron chi connectivity index (χ0n) is 10.8. The normalized spacial score (nSPS) is 17.5. The fraction of sp³-hybridized carbons (Fsp3) is 0.500. The Morgan fingerprint density at radius 3 is 2.58 bits per heavy atom. The van der Waals surface area contributed by atoms with Gasteiger partial charge >= 0.3 is 0 Å². The third kappa shape index (κ3) is 2.61. The summed E-state index contributed by atoms with van der Waals surface area (Å²) in [6.07, 6.45) is 3.04. The molecule has 3 nitrogen and oxygen atoms in total. The van der Waals surface area contributed by atoms with Gasteiger partial charge in [-0.3, -0.25) is 4.79 Å². The van der Waals surface area contributed by atoms with Crippen molar-refractivity contribution in [2.75, 3.05) is 6.61 Å². The van der Waals surface area contributed by atoms with E-state index >= 15 is 0 Å². The minimum Gasteiger partial charge on any atom is -0.394 e. The third-order valence-electron chi connectivity index (χ3n) is 3.75. The Morgan fingerprint density at radius 1 is 1.37 bits per heavy atom. The van der Waals surface area contributed by atoms with E-state index in [-0.39, 0.29) is 12.2 Å². The lowest BCUT2D eigenvalue weighted by Crippen LogP contribution is -2.49. The van der Waals surface area contributed by atoms with Crippen LogP contribution >= 0.6 is 0 Å². The molecule has 1 aromatic carbocycles. The standard InChI is InChI=1S/C14H17F2NO2/c1-9-4-5-10(15)11(12(9)16)13(19)17-14(8-18)6-2-3-7-14/h4-5,18H,2-3,6-8H2,1H3,(H,17,19). The SMILES string of the molecule is Cc1ccc(F)c(C(=O)NC2(CO)CCCC2)c1F. The summed E-state index contributed by atoms with van der Waals surface area (Å²) in [5, 5.41) is 12.0. The van der Waals surface area contributed by atoms with Crippen LogP contribution in [0.4, 0.5) is 8.78 Å². The quantitative estimate of drug-likeness (QED) is 0.884. The highest BCUT2D eigenvalue weighted by Gasteiger charge is 2.36. The molecule has 0 aliphatic heterocycles. The molecule has 1 aromatic rings. The van der Waals surface area contributed by atoms with Gasteiger partial charge in [-0.05, 0) is 31.4 Å². The van der Waals surface area contributed by atoms with Crippen molar-refractivity contribution in [2.45, 2.75) is 38.1 Å². The zero-order valence-corrected chi connectivity index (χ0v) is 10.8. The van der Waals surface area contributed by atoms with E-state index in [0.717, 1.165) is 18.9 Å². The Kier molecular flexibility index (Phi) is 3.85. The predicted molar refractivity (Wildman–Crippen MR) is 66.8 cm³/mol. The molecule has 0 spiro atoms. The fourth-order valence-corrected chi connectivity index (χ4v) is 2.54. The van der Waals surface area contributed by atoms with E-state index < -0.39 is 28.6 Å². The Bertz CT molecular complexity index is 496. The first-order chi connectivity index (χ1) is 8.99. The topological polar surface area (TPSA) is 49.3 Å². The Morgan fingerprint density at radius 2 is 2.00 bits per heavy atom. The van der Waals surface area contributed by atoms with Crippen molar-refractivity contribution in [2.24, 2.45) is 0 Å². The molecule has 104 valence electrons. The van der Waals surface area contributed by atoms with Crippen molar-refractivity contribution >= 4 is 5.91 Å². The second-order valence-corrected chi connectivity index (χ2v) is 5.15. The average molecular weight is 269 g/mol. The van der Waals surface area contributed by atoms with Crippen LogP contribution in [0.2, 0.25) is 0 Å². The van der Waals surface area contributed by atoms with E-state index in [0.29, 0.717) is 12.8 Å². The summed E-state index contributed by atoms with van der Waals surface area (Å²) in [4.78, 5) is 12.1. The van der Waals surface area contributed by atoms with Crippen LogP contribution in [0, 0.1) is 18.6 Å². The van der Waals surface area contributed by atoms with Gasteiger partial charge in [-0.15, -0.1) is 0 Å². The molecule has 1 saturated carbocycles. The number of aryl methyl sites for hydroxylation is 1. The van der Waals surface area contributed by atoms with Crippen molar-refractivity contribution < 1.29 is 18.7 Å². The fourth-order valence-electron chi connectivity index (χ4n) is 2.54. The number of hydrogen-bond donors (Lipinski definition) is 2. The van der Waals surface area contributed by atoms with Gasteiger partial charge in [0.25, 0.3) is 5.91 Å². The molecule has 0 atom stereocenters. The summed E-state index contributed by atoms with van der Waals surface area (Å²) in [5.74, 6) is -2.52. The third-order valence-corrected chi connectivity index (χ3v) is 3.75. The molecule has 5 heteroatoms. The van der Waals surface area contributed by atoms with Crippen LogP contribution in [0.3, 0.4) is 0 Å². The maximum absolute atomic E-state index is 13.9. The Hall–Kier alpha value is -1.49. The van der Waals surface area contributed by atoms with Crippen molar-refractivity contribution in [3.63, 3.8) is 0 Å². The summed E-state index contributed by atoms with van der Waals surface area (Å²) < 4.78 is 27.5. The van der Waals surface area contributed by atoms with Crippen molar-refractivity contribution in [1.82, 2.24) is 5.32 Å². The van der Waals surface area contributed by atoms with E-state index in [2.05, 4.69) is 5.32 Å². The average Bonchev–Trinajstić information content (AvgIpc) is 2.83. The lowest BCUT2D eigenvalue weighted by molar-refractivity contribution is 0.0830. The molecule has 1 amide bonds. The van der Waals surface area contributed by atoms with Crippen LogP contribution in [0.5, 0.6) is 0 Å². The van der Waals surface area contributed by atoms with Gasteiger partial charge in [-0.2, -0.15) is 0 Å². The molecule has 0 aromatic heterocycles. The van der Waals surface area contributed by atoms with Crippen LogP contribution in [0.15, 0.2) is 12.1 Å². The van der Waals surface area contributed by atoms with Gasteiger partial charge in [-0.1, -0.05) is 18.9 Å². The van der Waals surface area contributed by atoms with Gasteiger partial charge in [0.15, 0.2) is 0 Å². The lowest BCUT2D eigenvalue weighted by atomic mass is 9.97. The number of amides is 1. The predicted octanol–water partition coefficient (Wildman–Crippen LogP) is 2.31.